The van der Waals surface area contributed by atoms with Crippen molar-refractivity contribution in [1.82, 2.24) is 10.6 Å². The Morgan fingerprint density at radius 1 is 1.11 bits per heavy atom. The Bertz CT molecular complexity index is 793. The lowest BCUT2D eigenvalue weighted by molar-refractivity contribution is -0.116. The van der Waals surface area contributed by atoms with E-state index in [0.29, 0.717) is 29.8 Å². The van der Waals surface area contributed by atoms with Crippen LogP contribution in [0.2, 0.25) is 5.02 Å². The lowest BCUT2D eigenvalue weighted by Gasteiger charge is -2.12. The molecule has 0 radical (unpaired) electrons. The van der Waals surface area contributed by atoms with Crippen LogP contribution in [0.15, 0.2) is 47.5 Å². The van der Waals surface area contributed by atoms with Crippen molar-refractivity contribution in [3.63, 3.8) is 0 Å². The van der Waals surface area contributed by atoms with E-state index in [-0.39, 0.29) is 18.1 Å². The van der Waals surface area contributed by atoms with Crippen LogP contribution in [-0.4, -0.2) is 32.0 Å². The lowest BCUT2D eigenvalue weighted by Crippen LogP contribution is -2.39. The first kappa shape index (κ1) is 20.7. The minimum atomic E-state index is -0.241. The molecular weight excluding hydrogens is 367 g/mol. The number of hydrogen-bond donors (Lipinski definition) is 3. The van der Waals surface area contributed by atoms with Gasteiger partial charge in [0.05, 0.1) is 10.7 Å². The standard InChI is InChI=1S/C20H24ClFN4O/c1-14-3-8-18(17(21)13-14)26-19(27)10-12-25-20(23-2)24-11-9-15-4-6-16(22)7-5-15/h3-8,13H,9-12H2,1-2H3,(H,26,27)(H2,23,24,25). The van der Waals surface area contributed by atoms with Crippen LogP contribution < -0.4 is 16.0 Å². The molecule has 0 aliphatic rings. The zero-order chi connectivity index (χ0) is 19.6. The largest absolute Gasteiger partial charge is 0.356 e. The van der Waals surface area contributed by atoms with Gasteiger partial charge < -0.3 is 16.0 Å². The van der Waals surface area contributed by atoms with E-state index in [0.717, 1.165) is 17.5 Å². The van der Waals surface area contributed by atoms with Crippen molar-refractivity contribution in [2.45, 2.75) is 19.8 Å². The van der Waals surface area contributed by atoms with Crippen LogP contribution in [-0.2, 0) is 11.2 Å². The Morgan fingerprint density at radius 2 is 1.81 bits per heavy atom. The third-order valence-corrected chi connectivity index (χ3v) is 4.20. The van der Waals surface area contributed by atoms with E-state index < -0.39 is 0 Å². The second-order valence-electron chi connectivity index (χ2n) is 6.08. The van der Waals surface area contributed by atoms with Crippen molar-refractivity contribution >= 4 is 29.2 Å². The number of nitrogens with one attached hydrogen (secondary N) is 3. The maximum absolute atomic E-state index is 12.9. The molecule has 27 heavy (non-hydrogen) atoms. The van der Waals surface area contributed by atoms with Crippen molar-refractivity contribution in [3.05, 3.63) is 64.4 Å². The Labute approximate surface area is 164 Å². The maximum Gasteiger partial charge on any atom is 0.226 e. The van der Waals surface area contributed by atoms with E-state index >= 15 is 0 Å². The van der Waals surface area contributed by atoms with Crippen LogP contribution in [0.25, 0.3) is 0 Å². The number of anilines is 1. The van der Waals surface area contributed by atoms with Gasteiger partial charge in [-0.1, -0.05) is 29.8 Å². The van der Waals surface area contributed by atoms with Gasteiger partial charge in [0.15, 0.2) is 5.96 Å². The van der Waals surface area contributed by atoms with E-state index in [4.69, 9.17) is 11.6 Å². The van der Waals surface area contributed by atoms with Crippen LogP contribution in [0, 0.1) is 12.7 Å². The molecule has 2 rings (SSSR count). The molecule has 0 unspecified atom stereocenters. The number of hydrogen-bond acceptors (Lipinski definition) is 2. The van der Waals surface area contributed by atoms with Gasteiger partial charge in [0, 0.05) is 26.6 Å². The van der Waals surface area contributed by atoms with Gasteiger partial charge in [-0.25, -0.2) is 4.39 Å². The van der Waals surface area contributed by atoms with Gasteiger partial charge in [0.2, 0.25) is 5.91 Å². The molecule has 0 aliphatic carbocycles. The van der Waals surface area contributed by atoms with Gasteiger partial charge in [0.1, 0.15) is 5.82 Å². The SMILES string of the molecule is CN=C(NCCC(=O)Nc1ccc(C)cc1Cl)NCCc1ccc(F)cc1. The predicted octanol–water partition coefficient (Wildman–Crippen LogP) is 3.52. The van der Waals surface area contributed by atoms with E-state index in [2.05, 4.69) is 20.9 Å². The molecule has 5 nitrogen and oxygen atoms in total. The summed E-state index contributed by atoms with van der Waals surface area (Å²) in [6.07, 6.45) is 1.02. The number of guanidine groups is 1. The highest BCUT2D eigenvalue weighted by Gasteiger charge is 2.06. The monoisotopic (exact) mass is 390 g/mol. The van der Waals surface area contributed by atoms with Crippen molar-refractivity contribution in [1.29, 1.82) is 0 Å². The summed E-state index contributed by atoms with van der Waals surface area (Å²) >= 11 is 6.12. The Hall–Kier alpha value is -2.60. The van der Waals surface area contributed by atoms with Gasteiger partial charge in [-0.15, -0.1) is 0 Å². The molecule has 0 bridgehead atoms. The summed E-state index contributed by atoms with van der Waals surface area (Å²) in [5.41, 5.74) is 2.68. The topological polar surface area (TPSA) is 65.5 Å². The van der Waals surface area contributed by atoms with Crippen molar-refractivity contribution in [2.75, 3.05) is 25.5 Å². The van der Waals surface area contributed by atoms with Crippen LogP contribution >= 0.6 is 11.6 Å². The van der Waals surface area contributed by atoms with Gasteiger partial charge in [-0.3, -0.25) is 9.79 Å². The number of nitrogens with zero attached hydrogens (tertiary/aromatic N) is 1. The third kappa shape index (κ3) is 7.27. The smallest absolute Gasteiger partial charge is 0.226 e. The average molecular weight is 391 g/mol. The molecular formula is C20H24ClFN4O. The fourth-order valence-corrected chi connectivity index (χ4v) is 2.71. The molecule has 1 amide bonds. The minimum absolute atomic E-state index is 0.130. The second-order valence-corrected chi connectivity index (χ2v) is 6.49. The normalized spacial score (nSPS) is 11.2. The molecule has 0 spiro atoms. The number of halogens is 2. The fraction of sp³-hybridized carbons (Fsp3) is 0.300. The second kappa shape index (κ2) is 10.5. The molecule has 3 N–H and O–H groups in total. The van der Waals surface area contributed by atoms with Gasteiger partial charge >= 0.3 is 0 Å². The van der Waals surface area contributed by atoms with E-state index in [9.17, 15) is 9.18 Å². The van der Waals surface area contributed by atoms with Crippen molar-refractivity contribution in [2.24, 2.45) is 4.99 Å². The number of carbonyl (C=O) groups excluding carboxylic acids is 1. The Balaban J connectivity index is 1.69. The molecule has 0 aliphatic heterocycles. The van der Waals surface area contributed by atoms with Crippen LogP contribution in [0.1, 0.15) is 17.5 Å². The number of aliphatic imine (C=N–C) groups is 1. The molecule has 0 fully saturated rings. The summed E-state index contributed by atoms with van der Waals surface area (Å²) in [4.78, 5) is 16.2. The van der Waals surface area contributed by atoms with E-state index in [1.54, 1.807) is 25.2 Å². The highest BCUT2D eigenvalue weighted by molar-refractivity contribution is 6.33. The number of benzene rings is 2. The highest BCUT2D eigenvalue weighted by atomic mass is 35.5. The zero-order valence-electron chi connectivity index (χ0n) is 15.5. The van der Waals surface area contributed by atoms with Crippen molar-refractivity contribution in [3.8, 4) is 0 Å². The summed E-state index contributed by atoms with van der Waals surface area (Å²) < 4.78 is 12.9. The number of rotatable bonds is 7. The molecule has 0 aromatic heterocycles. The molecule has 0 atom stereocenters. The molecule has 2 aromatic rings. The predicted molar refractivity (Wildman–Crippen MR) is 109 cm³/mol. The first-order chi connectivity index (χ1) is 13.0. The number of amides is 1. The summed E-state index contributed by atoms with van der Waals surface area (Å²) in [6, 6.07) is 11.9. The third-order valence-electron chi connectivity index (χ3n) is 3.89. The van der Waals surface area contributed by atoms with Crippen LogP contribution in [0.5, 0.6) is 0 Å². The fourth-order valence-electron chi connectivity index (χ4n) is 2.43. The number of carbonyl (C=O) groups is 1. The molecule has 0 saturated carbocycles. The lowest BCUT2D eigenvalue weighted by atomic mass is 10.1. The summed E-state index contributed by atoms with van der Waals surface area (Å²) in [6.45, 7) is 3.03. The minimum Gasteiger partial charge on any atom is -0.356 e. The molecule has 0 heterocycles. The highest BCUT2D eigenvalue weighted by Crippen LogP contribution is 2.22. The average Bonchev–Trinajstić information content (AvgIpc) is 2.64. The first-order valence-corrected chi connectivity index (χ1v) is 9.10. The van der Waals surface area contributed by atoms with Gasteiger partial charge in [0.25, 0.3) is 0 Å². The summed E-state index contributed by atoms with van der Waals surface area (Å²) in [5, 5.41) is 9.57. The molecule has 7 heteroatoms. The molecule has 0 saturated heterocycles. The van der Waals surface area contributed by atoms with Gasteiger partial charge in [-0.05, 0) is 48.7 Å². The quantitative estimate of drug-likeness (QED) is 0.500. The van der Waals surface area contributed by atoms with E-state index in [1.165, 1.54) is 12.1 Å². The first-order valence-electron chi connectivity index (χ1n) is 8.73. The van der Waals surface area contributed by atoms with Crippen LogP contribution in [0.4, 0.5) is 10.1 Å². The number of aryl methyl sites for hydroxylation is 1. The molecule has 2 aromatic carbocycles. The van der Waals surface area contributed by atoms with Crippen LogP contribution in [0.3, 0.4) is 0 Å². The Kier molecular flexibility index (Phi) is 8.07. The van der Waals surface area contributed by atoms with Crippen molar-refractivity contribution < 1.29 is 9.18 Å². The van der Waals surface area contributed by atoms with E-state index in [1.807, 2.05) is 19.1 Å². The zero-order valence-corrected chi connectivity index (χ0v) is 16.2. The van der Waals surface area contributed by atoms with Gasteiger partial charge in [-0.2, -0.15) is 0 Å². The Morgan fingerprint density at radius 3 is 2.48 bits per heavy atom. The maximum atomic E-state index is 12.9. The summed E-state index contributed by atoms with van der Waals surface area (Å²) in [5.74, 6) is 0.239. The summed E-state index contributed by atoms with van der Waals surface area (Å²) in [7, 11) is 1.67. The molecule has 144 valence electrons.